The summed E-state index contributed by atoms with van der Waals surface area (Å²) in [4.78, 5) is 29.9. The monoisotopic (exact) mass is 295 g/mol. The Bertz CT molecular complexity index is 509. The van der Waals surface area contributed by atoms with Crippen LogP contribution in [0.25, 0.3) is 0 Å². The predicted molar refractivity (Wildman–Crippen MR) is 81.3 cm³/mol. The summed E-state index contributed by atoms with van der Waals surface area (Å²) in [6, 6.07) is 0. The van der Waals surface area contributed by atoms with Crippen LogP contribution in [0.15, 0.2) is 11.0 Å². The number of hydrogen-bond acceptors (Lipinski definition) is 4. The van der Waals surface area contributed by atoms with Crippen LogP contribution in [-0.4, -0.2) is 33.4 Å². The summed E-state index contributed by atoms with van der Waals surface area (Å²) in [5.41, 5.74) is -0.298. The summed E-state index contributed by atoms with van der Waals surface area (Å²) in [6.07, 6.45) is 7.93. The summed E-state index contributed by atoms with van der Waals surface area (Å²) >= 11 is 1.92. The smallest absolute Gasteiger partial charge is 0.263 e. The van der Waals surface area contributed by atoms with Crippen molar-refractivity contribution in [1.82, 2.24) is 15.3 Å². The fourth-order valence-corrected chi connectivity index (χ4v) is 3.58. The maximum absolute atomic E-state index is 11.8. The van der Waals surface area contributed by atoms with E-state index in [9.17, 15) is 9.59 Å². The second kappa shape index (κ2) is 7.47. The Hall–Kier alpha value is -1.30. The van der Waals surface area contributed by atoms with Crippen molar-refractivity contribution in [3.05, 3.63) is 27.9 Å². The van der Waals surface area contributed by atoms with Crippen molar-refractivity contribution in [2.75, 3.05) is 12.3 Å². The molecule has 5 nitrogen and oxygen atoms in total. The molecule has 0 spiro atoms. The van der Waals surface area contributed by atoms with E-state index in [1.807, 2.05) is 11.8 Å². The largest absolute Gasteiger partial charge is 0.351 e. The van der Waals surface area contributed by atoms with Crippen molar-refractivity contribution in [1.29, 1.82) is 0 Å². The van der Waals surface area contributed by atoms with Gasteiger partial charge in [-0.25, -0.2) is 4.98 Å². The van der Waals surface area contributed by atoms with Gasteiger partial charge < -0.3 is 10.3 Å². The maximum atomic E-state index is 11.8. The molecule has 0 bridgehead atoms. The fraction of sp³-hybridized carbons (Fsp3) is 0.643. The Kier molecular flexibility index (Phi) is 5.64. The highest BCUT2D eigenvalue weighted by Crippen LogP contribution is 2.27. The van der Waals surface area contributed by atoms with Gasteiger partial charge in [0.25, 0.3) is 11.5 Å². The number of rotatable bonds is 5. The summed E-state index contributed by atoms with van der Waals surface area (Å²) in [7, 11) is 0. The van der Waals surface area contributed by atoms with Crippen LogP contribution in [-0.2, 0) is 0 Å². The molecule has 1 aromatic heterocycles. The third-order valence-electron chi connectivity index (χ3n) is 3.46. The SMILES string of the molecule is Cc1ncc(C(=O)NCCSC2CCCCC2)c(=O)[nH]1. The number of carbonyl (C=O) groups excluding carboxylic acids is 1. The van der Waals surface area contributed by atoms with Crippen molar-refractivity contribution >= 4 is 17.7 Å². The molecule has 0 aromatic carbocycles. The van der Waals surface area contributed by atoms with Gasteiger partial charge in [-0.2, -0.15) is 11.8 Å². The molecule has 0 unspecified atom stereocenters. The van der Waals surface area contributed by atoms with Crippen molar-refractivity contribution < 1.29 is 4.79 Å². The van der Waals surface area contributed by atoms with Gasteiger partial charge in [0.2, 0.25) is 0 Å². The molecule has 0 saturated heterocycles. The summed E-state index contributed by atoms with van der Waals surface area (Å²) in [5, 5.41) is 3.52. The number of H-pyrrole nitrogens is 1. The molecule has 1 fully saturated rings. The van der Waals surface area contributed by atoms with E-state index in [0.29, 0.717) is 12.4 Å². The molecule has 2 rings (SSSR count). The molecule has 6 heteroatoms. The minimum absolute atomic E-state index is 0.0817. The number of amides is 1. The molecule has 1 saturated carbocycles. The van der Waals surface area contributed by atoms with Gasteiger partial charge >= 0.3 is 0 Å². The van der Waals surface area contributed by atoms with Crippen molar-refractivity contribution in [2.24, 2.45) is 0 Å². The zero-order valence-electron chi connectivity index (χ0n) is 11.8. The van der Waals surface area contributed by atoms with E-state index in [2.05, 4.69) is 15.3 Å². The second-order valence-corrected chi connectivity index (χ2v) is 6.51. The van der Waals surface area contributed by atoms with Gasteiger partial charge in [-0.3, -0.25) is 9.59 Å². The standard InChI is InChI=1S/C14H21N3O2S/c1-10-16-9-12(14(19)17-10)13(18)15-7-8-20-11-5-3-2-4-6-11/h9,11H,2-8H2,1H3,(H,15,18)(H,16,17,19). The highest BCUT2D eigenvalue weighted by Gasteiger charge is 2.14. The number of carbonyl (C=O) groups is 1. The fourth-order valence-electron chi connectivity index (χ4n) is 2.36. The Morgan fingerprint density at radius 3 is 2.90 bits per heavy atom. The molecule has 110 valence electrons. The zero-order chi connectivity index (χ0) is 14.4. The van der Waals surface area contributed by atoms with Crippen LogP contribution in [0.2, 0.25) is 0 Å². The second-order valence-electron chi connectivity index (χ2n) is 5.10. The topological polar surface area (TPSA) is 74.8 Å². The summed E-state index contributed by atoms with van der Waals surface area (Å²) < 4.78 is 0. The molecule has 1 aromatic rings. The van der Waals surface area contributed by atoms with Crippen LogP contribution in [0, 0.1) is 6.92 Å². The maximum Gasteiger partial charge on any atom is 0.263 e. The number of aromatic nitrogens is 2. The quantitative estimate of drug-likeness (QED) is 0.813. The number of thioether (sulfide) groups is 1. The lowest BCUT2D eigenvalue weighted by Crippen LogP contribution is -2.32. The highest BCUT2D eigenvalue weighted by molar-refractivity contribution is 7.99. The minimum Gasteiger partial charge on any atom is -0.351 e. The first kappa shape index (κ1) is 15.1. The van der Waals surface area contributed by atoms with Crippen LogP contribution in [0.4, 0.5) is 0 Å². The third-order valence-corrected chi connectivity index (χ3v) is 4.85. The van der Waals surface area contributed by atoms with Crippen LogP contribution >= 0.6 is 11.8 Å². The lowest BCUT2D eigenvalue weighted by molar-refractivity contribution is 0.0954. The molecule has 1 aliphatic rings. The van der Waals surface area contributed by atoms with E-state index in [1.165, 1.54) is 38.3 Å². The normalized spacial score (nSPS) is 16.1. The molecular formula is C14H21N3O2S. The first-order valence-electron chi connectivity index (χ1n) is 7.12. The van der Waals surface area contributed by atoms with Crippen LogP contribution < -0.4 is 10.9 Å². The number of hydrogen-bond donors (Lipinski definition) is 2. The number of aryl methyl sites for hydroxylation is 1. The molecule has 2 N–H and O–H groups in total. The lowest BCUT2D eigenvalue weighted by atomic mass is 10.0. The van der Waals surface area contributed by atoms with Crippen LogP contribution in [0.3, 0.4) is 0 Å². The van der Waals surface area contributed by atoms with E-state index in [1.54, 1.807) is 6.92 Å². The predicted octanol–water partition coefficient (Wildman–Crippen LogP) is 1.87. The van der Waals surface area contributed by atoms with Crippen LogP contribution in [0.1, 0.15) is 48.3 Å². The average Bonchev–Trinajstić information content (AvgIpc) is 2.44. The lowest BCUT2D eigenvalue weighted by Gasteiger charge is -2.20. The van der Waals surface area contributed by atoms with Gasteiger partial charge in [-0.05, 0) is 19.8 Å². The van der Waals surface area contributed by atoms with Gasteiger partial charge in [0.1, 0.15) is 11.4 Å². The number of nitrogens with one attached hydrogen (secondary N) is 2. The van der Waals surface area contributed by atoms with Crippen molar-refractivity contribution in [3.8, 4) is 0 Å². The molecule has 1 aliphatic carbocycles. The van der Waals surface area contributed by atoms with E-state index in [0.717, 1.165) is 11.0 Å². The van der Waals surface area contributed by atoms with E-state index in [4.69, 9.17) is 0 Å². The van der Waals surface area contributed by atoms with Gasteiger partial charge in [-0.15, -0.1) is 0 Å². The Balaban J connectivity index is 1.73. The van der Waals surface area contributed by atoms with Crippen molar-refractivity contribution in [2.45, 2.75) is 44.3 Å². The Morgan fingerprint density at radius 2 is 2.20 bits per heavy atom. The van der Waals surface area contributed by atoms with Crippen molar-refractivity contribution in [3.63, 3.8) is 0 Å². The average molecular weight is 295 g/mol. The van der Waals surface area contributed by atoms with Gasteiger partial charge in [0.15, 0.2) is 0 Å². The Labute approximate surface area is 123 Å². The Morgan fingerprint density at radius 1 is 1.45 bits per heavy atom. The van der Waals surface area contributed by atoms with Gasteiger partial charge in [-0.1, -0.05) is 19.3 Å². The zero-order valence-corrected chi connectivity index (χ0v) is 12.6. The van der Waals surface area contributed by atoms with E-state index in [-0.39, 0.29) is 17.0 Å². The molecule has 20 heavy (non-hydrogen) atoms. The number of aromatic amines is 1. The first-order valence-corrected chi connectivity index (χ1v) is 8.17. The molecule has 0 radical (unpaired) electrons. The van der Waals surface area contributed by atoms with Gasteiger partial charge in [0.05, 0.1) is 0 Å². The highest BCUT2D eigenvalue weighted by atomic mass is 32.2. The molecule has 1 heterocycles. The molecule has 0 aliphatic heterocycles. The molecule has 1 amide bonds. The summed E-state index contributed by atoms with van der Waals surface area (Å²) in [6.45, 7) is 2.28. The van der Waals surface area contributed by atoms with Crippen LogP contribution in [0.5, 0.6) is 0 Å². The van der Waals surface area contributed by atoms with E-state index >= 15 is 0 Å². The first-order chi connectivity index (χ1) is 9.66. The molecule has 0 atom stereocenters. The summed E-state index contributed by atoms with van der Waals surface area (Å²) in [5.74, 6) is 1.07. The molecular weight excluding hydrogens is 274 g/mol. The third kappa shape index (κ3) is 4.37. The van der Waals surface area contributed by atoms with Gasteiger partial charge in [0, 0.05) is 23.7 Å². The minimum atomic E-state index is -0.380. The number of nitrogens with zero attached hydrogens (tertiary/aromatic N) is 1. The van der Waals surface area contributed by atoms with E-state index < -0.39 is 0 Å².